The molecule has 180 valence electrons. The molecule has 0 radical (unpaired) electrons. The third-order valence-electron chi connectivity index (χ3n) is 5.27. The minimum Gasteiger partial charge on any atom is -0.452 e. The van der Waals surface area contributed by atoms with Gasteiger partial charge in [-0.1, -0.05) is 33.8 Å². The van der Waals surface area contributed by atoms with Crippen LogP contribution in [0.5, 0.6) is 0 Å². The summed E-state index contributed by atoms with van der Waals surface area (Å²) in [5.41, 5.74) is 0.0184. The number of rotatable bonds is 10. The fourth-order valence-corrected chi connectivity index (χ4v) is 6.89. The summed E-state index contributed by atoms with van der Waals surface area (Å²) >= 11 is 0. The molecule has 1 aliphatic rings. The molecule has 1 heterocycles. The molecule has 0 spiro atoms. The minimum atomic E-state index is -3.74. The second kappa shape index (κ2) is 10.8. The fraction of sp³-hybridized carbons (Fsp3) is 0.619. The van der Waals surface area contributed by atoms with Gasteiger partial charge in [-0.05, 0) is 30.5 Å². The monoisotopic (exact) mass is 488 g/mol. The van der Waals surface area contributed by atoms with E-state index in [0.717, 1.165) is 0 Å². The summed E-state index contributed by atoms with van der Waals surface area (Å²) in [5.74, 6) is -1.24. The van der Waals surface area contributed by atoms with E-state index in [4.69, 9.17) is 4.74 Å². The van der Waals surface area contributed by atoms with E-state index < -0.39 is 44.4 Å². The van der Waals surface area contributed by atoms with Crippen molar-refractivity contribution in [2.75, 3.05) is 37.7 Å². The van der Waals surface area contributed by atoms with E-state index in [9.17, 15) is 26.4 Å². The average molecular weight is 489 g/mol. The highest BCUT2D eigenvalue weighted by molar-refractivity contribution is 7.91. The van der Waals surface area contributed by atoms with Gasteiger partial charge in [0.1, 0.15) is 0 Å². The lowest BCUT2D eigenvalue weighted by atomic mass is 10.1. The lowest BCUT2D eigenvalue weighted by molar-refractivity contribution is -0.137. The first-order valence-corrected chi connectivity index (χ1v) is 13.9. The number of benzene rings is 1. The van der Waals surface area contributed by atoms with Crippen molar-refractivity contribution in [3.63, 3.8) is 0 Å². The van der Waals surface area contributed by atoms with Gasteiger partial charge in [0, 0.05) is 25.7 Å². The van der Waals surface area contributed by atoms with Crippen LogP contribution in [0, 0.1) is 5.92 Å². The Hall–Kier alpha value is -1.98. The Bertz CT molecular complexity index is 1030. The third kappa shape index (κ3) is 6.52. The zero-order chi connectivity index (χ0) is 24.1. The van der Waals surface area contributed by atoms with Crippen LogP contribution in [0.15, 0.2) is 29.2 Å². The maximum absolute atomic E-state index is 12.8. The molecule has 32 heavy (non-hydrogen) atoms. The van der Waals surface area contributed by atoms with Crippen LogP contribution in [0.4, 0.5) is 0 Å². The highest BCUT2D eigenvalue weighted by Gasteiger charge is 2.35. The zero-order valence-electron chi connectivity index (χ0n) is 19.0. The van der Waals surface area contributed by atoms with Gasteiger partial charge in [0.2, 0.25) is 10.0 Å². The van der Waals surface area contributed by atoms with Crippen molar-refractivity contribution in [1.29, 1.82) is 0 Å². The van der Waals surface area contributed by atoms with Crippen LogP contribution in [0.1, 0.15) is 44.5 Å². The molecule has 1 aliphatic heterocycles. The summed E-state index contributed by atoms with van der Waals surface area (Å²) in [7, 11) is -6.92. The number of amides is 1. The molecular weight excluding hydrogens is 456 g/mol. The summed E-state index contributed by atoms with van der Waals surface area (Å²) in [4.78, 5) is 26.7. The van der Waals surface area contributed by atoms with Gasteiger partial charge < -0.3 is 9.64 Å². The summed E-state index contributed by atoms with van der Waals surface area (Å²) in [5, 5.41) is 0. The number of sulfone groups is 1. The van der Waals surface area contributed by atoms with Crippen LogP contribution in [-0.4, -0.2) is 81.7 Å². The molecule has 0 saturated carbocycles. The van der Waals surface area contributed by atoms with Crippen LogP contribution in [0.3, 0.4) is 0 Å². The molecule has 1 unspecified atom stereocenters. The number of esters is 1. The molecule has 1 saturated heterocycles. The topological polar surface area (TPSA) is 118 Å². The van der Waals surface area contributed by atoms with E-state index in [-0.39, 0.29) is 27.9 Å². The van der Waals surface area contributed by atoms with E-state index in [0.29, 0.717) is 26.1 Å². The van der Waals surface area contributed by atoms with Crippen molar-refractivity contribution in [2.45, 2.75) is 45.1 Å². The fourth-order valence-electron chi connectivity index (χ4n) is 3.66. The van der Waals surface area contributed by atoms with Crippen molar-refractivity contribution in [3.05, 3.63) is 29.8 Å². The van der Waals surface area contributed by atoms with Gasteiger partial charge in [-0.3, -0.25) is 4.79 Å². The molecule has 9 nitrogen and oxygen atoms in total. The normalized spacial score (nSPS) is 18.1. The Morgan fingerprint density at radius 1 is 1.19 bits per heavy atom. The van der Waals surface area contributed by atoms with E-state index in [1.54, 1.807) is 13.8 Å². The summed E-state index contributed by atoms with van der Waals surface area (Å²) in [6.07, 6.45) is 0.361. The summed E-state index contributed by atoms with van der Waals surface area (Å²) < 4.78 is 55.5. The van der Waals surface area contributed by atoms with Gasteiger partial charge >= 0.3 is 5.97 Å². The number of hydrogen-bond acceptors (Lipinski definition) is 7. The molecule has 0 N–H and O–H groups in total. The smallest absolute Gasteiger partial charge is 0.338 e. The zero-order valence-corrected chi connectivity index (χ0v) is 20.6. The number of ether oxygens (including phenoxy) is 1. The molecule has 2 rings (SSSR count). The van der Waals surface area contributed by atoms with Gasteiger partial charge in [-0.25, -0.2) is 21.6 Å². The SMILES string of the molecule is CCN(CC)S(=O)(=O)c1cccc(C(=O)OCC(=O)N(CC(C)C)C2CCS(=O)(=O)C2)c1. The van der Waals surface area contributed by atoms with E-state index in [2.05, 4.69) is 0 Å². The Balaban J connectivity index is 2.11. The second-order valence-corrected chi connectivity index (χ2v) is 12.4. The largest absolute Gasteiger partial charge is 0.452 e. The number of carbonyl (C=O) groups excluding carboxylic acids is 2. The molecule has 1 aromatic carbocycles. The first-order valence-electron chi connectivity index (χ1n) is 10.7. The van der Waals surface area contributed by atoms with E-state index in [1.807, 2.05) is 13.8 Å². The molecule has 11 heteroatoms. The molecule has 0 aliphatic carbocycles. The Morgan fingerprint density at radius 2 is 1.84 bits per heavy atom. The van der Waals surface area contributed by atoms with Crippen molar-refractivity contribution in [2.24, 2.45) is 5.92 Å². The number of carbonyl (C=O) groups is 2. The molecule has 0 aromatic heterocycles. The molecular formula is C21H32N2O7S2. The predicted octanol–water partition coefficient (Wildman–Crippen LogP) is 1.55. The van der Waals surface area contributed by atoms with Gasteiger partial charge in [-0.2, -0.15) is 4.31 Å². The first-order chi connectivity index (χ1) is 14.9. The third-order valence-corrected chi connectivity index (χ3v) is 9.07. The Kier molecular flexibility index (Phi) is 8.83. The number of hydrogen-bond donors (Lipinski definition) is 0. The lowest BCUT2D eigenvalue weighted by Crippen LogP contribution is -2.45. The van der Waals surface area contributed by atoms with Crippen molar-refractivity contribution in [1.82, 2.24) is 9.21 Å². The van der Waals surface area contributed by atoms with Crippen LogP contribution in [-0.2, 0) is 29.4 Å². The van der Waals surface area contributed by atoms with Gasteiger partial charge in [0.15, 0.2) is 16.4 Å². The van der Waals surface area contributed by atoms with E-state index >= 15 is 0 Å². The van der Waals surface area contributed by atoms with Crippen LogP contribution in [0.2, 0.25) is 0 Å². The second-order valence-electron chi connectivity index (χ2n) is 8.19. The molecule has 1 aromatic rings. The number of sulfonamides is 1. The van der Waals surface area contributed by atoms with Crippen LogP contribution in [0.25, 0.3) is 0 Å². The van der Waals surface area contributed by atoms with Crippen LogP contribution >= 0.6 is 0 Å². The Morgan fingerprint density at radius 3 is 2.38 bits per heavy atom. The molecule has 0 bridgehead atoms. The molecule has 1 fully saturated rings. The highest BCUT2D eigenvalue weighted by atomic mass is 32.2. The first kappa shape index (κ1) is 26.3. The quantitative estimate of drug-likeness (QED) is 0.459. The minimum absolute atomic E-state index is 0.0184. The van der Waals surface area contributed by atoms with Gasteiger partial charge in [0.25, 0.3) is 5.91 Å². The standard InChI is InChI=1S/C21H32N2O7S2/c1-5-22(6-2)32(28,29)19-9-7-8-17(12-19)21(25)30-14-20(24)23(13-16(3)4)18-10-11-31(26,27)15-18/h7-9,12,16,18H,5-6,10-11,13-15H2,1-4H3. The maximum atomic E-state index is 12.8. The Labute approximate surface area is 190 Å². The average Bonchev–Trinajstić information content (AvgIpc) is 3.10. The van der Waals surface area contributed by atoms with Crippen LogP contribution < -0.4 is 0 Å². The van der Waals surface area contributed by atoms with E-state index in [1.165, 1.54) is 33.5 Å². The molecule has 1 amide bonds. The summed E-state index contributed by atoms with van der Waals surface area (Å²) in [6, 6.07) is 5.07. The lowest BCUT2D eigenvalue weighted by Gasteiger charge is -2.29. The van der Waals surface area contributed by atoms with Gasteiger partial charge in [-0.15, -0.1) is 0 Å². The van der Waals surface area contributed by atoms with Crippen molar-refractivity contribution >= 4 is 31.7 Å². The summed E-state index contributed by atoms with van der Waals surface area (Å²) in [6.45, 7) is 7.68. The number of nitrogens with zero attached hydrogens (tertiary/aromatic N) is 2. The molecule has 1 atom stereocenters. The highest BCUT2D eigenvalue weighted by Crippen LogP contribution is 2.20. The maximum Gasteiger partial charge on any atom is 0.338 e. The van der Waals surface area contributed by atoms with Crippen molar-refractivity contribution in [3.8, 4) is 0 Å². The van der Waals surface area contributed by atoms with Gasteiger partial charge in [0.05, 0.1) is 22.0 Å². The van der Waals surface area contributed by atoms with Crippen molar-refractivity contribution < 1.29 is 31.2 Å². The predicted molar refractivity (Wildman–Crippen MR) is 120 cm³/mol.